The lowest BCUT2D eigenvalue weighted by Crippen LogP contribution is -2.54. The van der Waals surface area contributed by atoms with E-state index in [-0.39, 0.29) is 198 Å². The molecule has 2 aromatic heterocycles. The molecule has 5 rings (SSSR count). The average molecular weight is 1930 g/mol. The zero-order valence-corrected chi connectivity index (χ0v) is 75.1. The van der Waals surface area contributed by atoms with E-state index in [1.54, 1.807) is 31.7 Å². The average Bonchev–Trinajstić information content (AvgIpc) is 0.807. The molecule has 12 amide bonds. The van der Waals surface area contributed by atoms with Crippen LogP contribution in [-0.2, 0) is 101 Å². The Balaban J connectivity index is 1.18. The summed E-state index contributed by atoms with van der Waals surface area (Å²) in [5.41, 5.74) is 18.4. The Bertz CT molecular complexity index is 4860. The van der Waals surface area contributed by atoms with Crippen LogP contribution >= 0.6 is 0 Å². The number of primary amides is 1. The molecule has 53 heteroatoms. The SMILES string of the molecule is NCCCC[C@H](NC(=O)[C@H](CC(=O)O)CC(=O)[C@H](CC(=O)O)NC(=O)Cc1ccc(CNC(=O)NCCCC[C@H](NC(=O)N[C@@H](CCC(=O)O)C(=O)O)C(=O)O)cc1)C(=O)N[C@@H](CCCCNC(=O)[C@H](CCCCNC(=O)CC[C@H](NC(=O)c1ccc(NCc2cnc3[nH]c(N)nc(=O)c3n2)cc1)C(=O)O)NC(=O)CN1CCN(CC(=O)O)CCN(CC(=O)O)CCN(CC(=O)O)CC1)C(N)=O. The first kappa shape index (κ1) is 113. The maximum Gasteiger partial charge on any atom is 0.326 e. The summed E-state index contributed by atoms with van der Waals surface area (Å²) in [4.78, 5) is 288. The predicted molar refractivity (Wildman–Crippen MR) is 480 cm³/mol. The summed E-state index contributed by atoms with van der Waals surface area (Å²) < 4.78 is 0. The third-order valence-corrected chi connectivity index (χ3v) is 21.3. The number of unbranched alkanes of at least 4 members (excludes halogenated alkanes) is 4. The van der Waals surface area contributed by atoms with Gasteiger partial charge in [-0.25, -0.2) is 33.9 Å². The minimum Gasteiger partial charge on any atom is -0.481 e. The summed E-state index contributed by atoms with van der Waals surface area (Å²) in [7, 11) is 0. The maximum absolute atomic E-state index is 14.2. The summed E-state index contributed by atoms with van der Waals surface area (Å²) in [6.45, 7) is -1.06. The van der Waals surface area contributed by atoms with Gasteiger partial charge >= 0.3 is 71.3 Å². The van der Waals surface area contributed by atoms with Crippen molar-refractivity contribution in [3.63, 3.8) is 0 Å². The van der Waals surface area contributed by atoms with E-state index in [1.807, 2.05) is 5.32 Å². The van der Waals surface area contributed by atoms with Crippen LogP contribution < -0.4 is 86.6 Å². The highest BCUT2D eigenvalue weighted by atomic mass is 16.4. The van der Waals surface area contributed by atoms with Crippen LogP contribution in [0.15, 0.2) is 59.5 Å². The largest absolute Gasteiger partial charge is 0.481 e. The van der Waals surface area contributed by atoms with Gasteiger partial charge in [-0.05, 0) is 132 Å². The first-order valence-electron chi connectivity index (χ1n) is 44.0. The van der Waals surface area contributed by atoms with Crippen LogP contribution in [0.4, 0.5) is 21.2 Å². The van der Waals surface area contributed by atoms with E-state index in [1.165, 1.54) is 42.6 Å². The first-order chi connectivity index (χ1) is 65.0. The Hall–Kier alpha value is -14.7. The lowest BCUT2D eigenvalue weighted by Gasteiger charge is -2.33. The van der Waals surface area contributed by atoms with Gasteiger partial charge in [0.1, 0.15) is 36.3 Å². The lowest BCUT2D eigenvalue weighted by atomic mass is 9.92. The number of nitrogens with two attached hydrogens (primary N) is 3. The number of carboxylic acid groups (broad SMARTS) is 9. The number of benzene rings is 2. The van der Waals surface area contributed by atoms with Gasteiger partial charge in [0, 0.05) is 109 Å². The number of amides is 12. The van der Waals surface area contributed by atoms with Crippen LogP contribution in [0.3, 0.4) is 0 Å². The van der Waals surface area contributed by atoms with Gasteiger partial charge in [-0.3, -0.25) is 96.3 Å². The van der Waals surface area contributed by atoms with E-state index in [2.05, 4.69) is 78.4 Å². The number of anilines is 2. The zero-order chi connectivity index (χ0) is 101. The third-order valence-electron chi connectivity index (χ3n) is 21.3. The van der Waals surface area contributed by atoms with E-state index in [9.17, 15) is 142 Å². The number of nitrogens with one attached hydrogen (secondary N) is 13. The van der Waals surface area contributed by atoms with E-state index in [0.29, 0.717) is 28.9 Å². The highest BCUT2D eigenvalue weighted by molar-refractivity contribution is 5.99. The molecule has 1 fully saturated rings. The second-order valence-corrected chi connectivity index (χ2v) is 32.3. The fraction of sp³-hybridized carbons (Fsp3) is 0.548. The molecule has 752 valence electrons. The molecule has 53 nitrogen and oxygen atoms in total. The second kappa shape index (κ2) is 59.8. The molecule has 1 aliphatic heterocycles. The Morgan fingerprint density at radius 2 is 0.883 bits per heavy atom. The molecule has 4 aromatic rings. The summed E-state index contributed by atoms with van der Waals surface area (Å²) in [5.74, 6) is -22.3. The number of urea groups is 2. The Kier molecular flexibility index (Phi) is 49.2. The Morgan fingerprint density at radius 3 is 1.41 bits per heavy atom. The van der Waals surface area contributed by atoms with E-state index in [0.717, 1.165) is 0 Å². The number of fused-ring (bicyclic) bond motifs is 1. The fourth-order valence-corrected chi connectivity index (χ4v) is 14.0. The maximum atomic E-state index is 14.2. The van der Waals surface area contributed by atoms with Gasteiger partial charge in [0.15, 0.2) is 16.9 Å². The minimum atomic E-state index is -1.81. The Labute approximate surface area is 782 Å². The topological polar surface area (TPSA) is 830 Å². The van der Waals surface area contributed by atoms with Gasteiger partial charge in [0.25, 0.3) is 5.91 Å². The molecule has 0 spiro atoms. The Morgan fingerprint density at radius 1 is 0.409 bits per heavy atom. The molecular weight excluding hydrogens is 1810 g/mol. The normalized spacial score (nSPS) is 14.5. The van der Waals surface area contributed by atoms with Crippen molar-refractivity contribution in [1.82, 2.24) is 98.0 Å². The zero-order valence-electron chi connectivity index (χ0n) is 75.1. The molecule has 1 aliphatic rings. The molecule has 3 heterocycles. The van der Waals surface area contributed by atoms with Crippen molar-refractivity contribution in [2.75, 3.05) is 116 Å². The van der Waals surface area contributed by atoms with Crippen molar-refractivity contribution in [2.24, 2.45) is 17.4 Å². The van der Waals surface area contributed by atoms with Crippen LogP contribution in [-0.4, -0.2) is 351 Å². The molecule has 1 saturated heterocycles. The number of aromatic nitrogens is 4. The third kappa shape index (κ3) is 45.2. The molecule has 2 aromatic carbocycles. The predicted octanol–water partition coefficient (Wildman–Crippen LogP) is -4.72. The number of carboxylic acids is 9. The van der Waals surface area contributed by atoms with Crippen LogP contribution in [0, 0.1) is 5.92 Å². The first-order valence-corrected chi connectivity index (χ1v) is 44.0. The van der Waals surface area contributed by atoms with Crippen LogP contribution in [0.1, 0.15) is 149 Å². The van der Waals surface area contributed by atoms with Gasteiger partial charge in [0.05, 0.1) is 75.8 Å². The minimum absolute atomic E-state index is 0.0106. The summed E-state index contributed by atoms with van der Waals surface area (Å²) >= 11 is 0. The van der Waals surface area contributed by atoms with Crippen molar-refractivity contribution >= 4 is 142 Å². The van der Waals surface area contributed by atoms with Gasteiger partial charge in [-0.2, -0.15) is 4.98 Å². The number of ketones is 1. The number of rotatable bonds is 62. The monoisotopic (exact) mass is 1930 g/mol. The molecule has 0 bridgehead atoms. The number of hydrogen-bond acceptors (Lipinski definition) is 31. The number of nitrogen functional groups attached to an aromatic ring is 1. The highest BCUT2D eigenvalue weighted by Crippen LogP contribution is 2.19. The van der Waals surface area contributed by atoms with Crippen LogP contribution in [0.5, 0.6) is 0 Å². The number of aliphatic carboxylic acids is 9. The van der Waals surface area contributed by atoms with E-state index in [4.69, 9.17) is 22.3 Å². The summed E-state index contributed by atoms with van der Waals surface area (Å²) in [6, 6.07) is -0.443. The number of carbonyl (C=O) groups is 20. The van der Waals surface area contributed by atoms with Crippen LogP contribution in [0.25, 0.3) is 11.2 Å². The molecule has 28 N–H and O–H groups in total. The lowest BCUT2D eigenvalue weighted by molar-refractivity contribution is -0.144. The number of nitrogens with zero attached hydrogens (tertiary/aromatic N) is 7. The van der Waals surface area contributed by atoms with Crippen LogP contribution in [0.2, 0.25) is 0 Å². The molecule has 137 heavy (non-hydrogen) atoms. The quantitative estimate of drug-likeness (QED) is 0.0185. The van der Waals surface area contributed by atoms with E-state index < -0.39 is 237 Å². The van der Waals surface area contributed by atoms with Crippen molar-refractivity contribution in [1.29, 1.82) is 0 Å². The number of carbonyl (C=O) groups excluding carboxylic acids is 11. The van der Waals surface area contributed by atoms with Gasteiger partial charge in [-0.1, -0.05) is 24.3 Å². The molecule has 0 saturated carbocycles. The van der Waals surface area contributed by atoms with Crippen molar-refractivity contribution < 1.29 is 142 Å². The standard InChI is InChI=1S/C84H121N23O30/c85-25-5-1-10-56(98-75(126)51(39-66(114)115)38-61(108)60(40-67(116)117)96-63(110)37-48-13-15-49(16-14-48)41-93-83(136)90-28-8-4-12-57(79(130)131)100-84(137)101-59(81(134)135)22-24-65(112)113)77(128)97-54(72(86)124)9-2-7-27-89-76(127)55(95-64(111)44-104-29-31-105(45-68(118)119)33-35-107(47-70(122)123)36-34-106(32-30-104)46-69(120)121)11-3-6-26-88-62(109)23-21-58(80(132)133)99-74(125)50-17-19-52(20-18-50)91-42-53-43-92-73-71(94-53)78(129)103-82(87)102-73/h13-20,43,51,54-60,91H,1-12,21-42,44-47,85H2,(H2,86,124)(H,88,109)(H,89,127)(H,95,111)(H,96,110)(H,97,128)(H,98,126)(H,99,125)(H,112,113)(H,114,115)(H,116,117)(H,118,119)(H,120,121)(H,122,123)(H,130,131)(H,132,133)(H,134,135)(H2,90,93,136)(H2,100,101,137)(H3,87,92,102,103,129)/t51-,54-,55-,56-,57-,58-,59-,60-/m0/s1. The number of H-pyrrole nitrogens is 1. The molecular formula is C84H121N23O30. The van der Waals surface area contributed by atoms with E-state index >= 15 is 0 Å². The van der Waals surface area contributed by atoms with Gasteiger partial charge < -0.3 is 132 Å². The van der Waals surface area contributed by atoms with Crippen molar-refractivity contribution in [2.45, 2.75) is 184 Å². The number of hydrogen-bond donors (Lipinski definition) is 25. The molecule has 0 radical (unpaired) electrons. The molecule has 8 atom stereocenters. The number of Topliss-reactive ketones (excluding diaryl/α,β-unsaturated/α-hetero) is 1. The van der Waals surface area contributed by atoms with Gasteiger partial charge in [0.2, 0.25) is 47.3 Å². The number of aromatic amines is 1. The summed E-state index contributed by atoms with van der Waals surface area (Å²) in [5, 5.41) is 117. The highest BCUT2D eigenvalue weighted by Gasteiger charge is 2.36. The second-order valence-electron chi connectivity index (χ2n) is 32.3. The fourth-order valence-electron chi connectivity index (χ4n) is 14.0. The summed E-state index contributed by atoms with van der Waals surface area (Å²) in [6.07, 6.45) is -2.91. The molecule has 0 unspecified atom stereocenters. The smallest absolute Gasteiger partial charge is 0.326 e. The van der Waals surface area contributed by atoms with Crippen molar-refractivity contribution in [3.05, 3.63) is 87.5 Å². The van der Waals surface area contributed by atoms with Crippen molar-refractivity contribution in [3.8, 4) is 0 Å². The molecule has 0 aliphatic carbocycles. The van der Waals surface area contributed by atoms with Gasteiger partial charge in [-0.15, -0.1) is 0 Å².